The molecule has 0 bridgehead atoms. The largest absolute Gasteiger partial charge is 0.489 e. The van der Waals surface area contributed by atoms with Crippen LogP contribution in [0.1, 0.15) is 15.9 Å². The number of ether oxygens (including phenoxy) is 1. The molecule has 3 aromatic carbocycles. The van der Waals surface area contributed by atoms with Gasteiger partial charge in [-0.05, 0) is 47.5 Å². The molecular formula is C23H18N2O4. The van der Waals surface area contributed by atoms with Crippen LogP contribution in [0.15, 0.2) is 82.2 Å². The third kappa shape index (κ3) is 3.82. The molecule has 0 radical (unpaired) electrons. The summed E-state index contributed by atoms with van der Waals surface area (Å²) in [6.45, 7) is 0.250. The summed E-state index contributed by atoms with van der Waals surface area (Å²) in [5, 5.41) is 0.461. The molecule has 6 heteroatoms. The molecule has 0 saturated heterocycles. The molecule has 0 aliphatic rings. The smallest absolute Gasteiger partial charge is 0.248 e. The fraction of sp³-hybridized carbons (Fsp3) is 0.0435. The minimum atomic E-state index is -0.490. The summed E-state index contributed by atoms with van der Waals surface area (Å²) in [6, 6.07) is 19.0. The number of carbonyl (C=O) groups excluding carboxylic acids is 1. The van der Waals surface area contributed by atoms with Crippen molar-refractivity contribution in [1.29, 1.82) is 0 Å². The standard InChI is InChI=1S/C23H18N2O4/c24-17-6-4-15(5-7-17)20-13-29-21-11-18(8-9-19(21)22(20)26)28-12-14-2-1-3-16(10-14)23(25)27/h1-11,13H,12,24H2,(H2,25,27). The van der Waals surface area contributed by atoms with E-state index in [1.165, 1.54) is 6.26 Å². The lowest BCUT2D eigenvalue weighted by Gasteiger charge is -2.08. The number of nitrogens with two attached hydrogens (primary N) is 2. The summed E-state index contributed by atoms with van der Waals surface area (Å²) in [5.41, 5.74) is 14.4. The first-order valence-corrected chi connectivity index (χ1v) is 8.94. The van der Waals surface area contributed by atoms with Gasteiger partial charge >= 0.3 is 0 Å². The van der Waals surface area contributed by atoms with Gasteiger partial charge in [0.15, 0.2) is 5.43 Å². The highest BCUT2D eigenvalue weighted by Crippen LogP contribution is 2.24. The normalized spacial score (nSPS) is 10.8. The summed E-state index contributed by atoms with van der Waals surface area (Å²) in [5.74, 6) is 0.0570. The SMILES string of the molecule is NC(=O)c1cccc(COc2ccc3c(=O)c(-c4ccc(N)cc4)coc3c2)c1. The van der Waals surface area contributed by atoms with E-state index in [2.05, 4.69) is 0 Å². The first kappa shape index (κ1) is 18.3. The Morgan fingerprint density at radius 1 is 1.00 bits per heavy atom. The van der Waals surface area contributed by atoms with E-state index in [-0.39, 0.29) is 12.0 Å². The monoisotopic (exact) mass is 386 g/mol. The number of anilines is 1. The number of primary amides is 1. The molecule has 4 N–H and O–H groups in total. The molecule has 1 amide bonds. The molecule has 4 rings (SSSR count). The van der Waals surface area contributed by atoms with Crippen LogP contribution in [0.2, 0.25) is 0 Å². The van der Waals surface area contributed by atoms with E-state index in [9.17, 15) is 9.59 Å². The number of carbonyl (C=O) groups is 1. The van der Waals surface area contributed by atoms with E-state index in [4.69, 9.17) is 20.6 Å². The summed E-state index contributed by atoms with van der Waals surface area (Å²) >= 11 is 0. The average molecular weight is 386 g/mol. The molecule has 0 atom stereocenters. The van der Waals surface area contributed by atoms with Crippen molar-refractivity contribution in [3.8, 4) is 16.9 Å². The van der Waals surface area contributed by atoms with E-state index in [1.807, 2.05) is 6.07 Å². The van der Waals surface area contributed by atoms with Gasteiger partial charge in [-0.25, -0.2) is 0 Å². The molecule has 29 heavy (non-hydrogen) atoms. The van der Waals surface area contributed by atoms with Crippen molar-refractivity contribution >= 4 is 22.6 Å². The second-order valence-electron chi connectivity index (χ2n) is 6.61. The molecule has 0 fully saturated rings. The molecule has 6 nitrogen and oxygen atoms in total. The van der Waals surface area contributed by atoms with Gasteiger partial charge < -0.3 is 20.6 Å². The predicted octanol–water partition coefficient (Wildman–Crippen LogP) is 3.72. The lowest BCUT2D eigenvalue weighted by molar-refractivity contribution is 0.1000. The Morgan fingerprint density at radius 2 is 1.79 bits per heavy atom. The molecule has 0 aliphatic carbocycles. The quantitative estimate of drug-likeness (QED) is 0.508. The molecule has 4 aromatic rings. The minimum Gasteiger partial charge on any atom is -0.489 e. The van der Waals surface area contributed by atoms with Gasteiger partial charge in [0, 0.05) is 17.3 Å². The van der Waals surface area contributed by atoms with Crippen molar-refractivity contribution in [2.75, 3.05) is 5.73 Å². The van der Waals surface area contributed by atoms with Crippen molar-refractivity contribution in [2.45, 2.75) is 6.61 Å². The van der Waals surface area contributed by atoms with Gasteiger partial charge in [-0.3, -0.25) is 9.59 Å². The van der Waals surface area contributed by atoms with Crippen molar-refractivity contribution < 1.29 is 13.9 Å². The van der Waals surface area contributed by atoms with E-state index in [1.54, 1.807) is 60.7 Å². The number of hydrogen-bond acceptors (Lipinski definition) is 5. The van der Waals surface area contributed by atoms with Crippen LogP contribution in [0.3, 0.4) is 0 Å². The van der Waals surface area contributed by atoms with Crippen molar-refractivity contribution in [3.05, 3.63) is 94.3 Å². The molecule has 1 heterocycles. The number of nitrogen functional groups attached to an aromatic ring is 1. The van der Waals surface area contributed by atoms with Gasteiger partial charge in [-0.2, -0.15) is 0 Å². The Kier molecular flexibility index (Phi) is 4.75. The van der Waals surface area contributed by atoms with E-state index in [0.29, 0.717) is 33.5 Å². The van der Waals surface area contributed by atoms with Crippen LogP contribution in [0.5, 0.6) is 5.75 Å². The van der Waals surface area contributed by atoms with Crippen molar-refractivity contribution in [3.63, 3.8) is 0 Å². The topological polar surface area (TPSA) is 109 Å². The van der Waals surface area contributed by atoms with Gasteiger partial charge in [0.05, 0.1) is 10.9 Å². The van der Waals surface area contributed by atoms with E-state index < -0.39 is 5.91 Å². The van der Waals surface area contributed by atoms with Crippen molar-refractivity contribution in [2.24, 2.45) is 5.73 Å². The van der Waals surface area contributed by atoms with Crippen LogP contribution in [0.4, 0.5) is 5.69 Å². The van der Waals surface area contributed by atoms with Gasteiger partial charge in [-0.15, -0.1) is 0 Å². The predicted molar refractivity (Wildman–Crippen MR) is 112 cm³/mol. The van der Waals surface area contributed by atoms with Crippen LogP contribution >= 0.6 is 0 Å². The zero-order chi connectivity index (χ0) is 20.4. The highest BCUT2D eigenvalue weighted by molar-refractivity contribution is 5.92. The number of hydrogen-bond donors (Lipinski definition) is 2. The van der Waals surface area contributed by atoms with Crippen LogP contribution < -0.4 is 21.6 Å². The highest BCUT2D eigenvalue weighted by Gasteiger charge is 2.10. The fourth-order valence-electron chi connectivity index (χ4n) is 3.04. The Morgan fingerprint density at radius 3 is 2.55 bits per heavy atom. The van der Waals surface area contributed by atoms with Crippen LogP contribution in [-0.2, 0) is 6.61 Å². The highest BCUT2D eigenvalue weighted by atomic mass is 16.5. The maximum Gasteiger partial charge on any atom is 0.248 e. The zero-order valence-electron chi connectivity index (χ0n) is 15.4. The number of fused-ring (bicyclic) bond motifs is 1. The summed E-state index contributed by atoms with van der Waals surface area (Å²) in [6.07, 6.45) is 1.44. The van der Waals surface area contributed by atoms with Crippen LogP contribution in [0.25, 0.3) is 22.1 Å². The molecule has 1 aromatic heterocycles. The molecule has 0 aliphatic heterocycles. The number of amides is 1. The van der Waals surface area contributed by atoms with Crippen molar-refractivity contribution in [1.82, 2.24) is 0 Å². The second kappa shape index (κ2) is 7.52. The fourth-order valence-corrected chi connectivity index (χ4v) is 3.04. The Balaban J connectivity index is 1.59. The van der Waals surface area contributed by atoms with Crippen LogP contribution in [0, 0.1) is 0 Å². The number of benzene rings is 3. The summed E-state index contributed by atoms with van der Waals surface area (Å²) < 4.78 is 11.5. The van der Waals surface area contributed by atoms with Gasteiger partial charge in [-0.1, -0.05) is 24.3 Å². The Labute approximate surface area is 166 Å². The van der Waals surface area contributed by atoms with E-state index in [0.717, 1.165) is 11.1 Å². The minimum absolute atomic E-state index is 0.128. The van der Waals surface area contributed by atoms with Gasteiger partial charge in [0.25, 0.3) is 0 Å². The third-order valence-corrected chi connectivity index (χ3v) is 4.58. The molecule has 0 unspecified atom stereocenters. The molecular weight excluding hydrogens is 368 g/mol. The molecule has 144 valence electrons. The molecule has 0 saturated carbocycles. The van der Waals surface area contributed by atoms with Gasteiger partial charge in [0.1, 0.15) is 24.2 Å². The first-order valence-electron chi connectivity index (χ1n) is 8.94. The second-order valence-corrected chi connectivity index (χ2v) is 6.61. The van der Waals surface area contributed by atoms with Crippen LogP contribution in [-0.4, -0.2) is 5.91 Å². The summed E-state index contributed by atoms with van der Waals surface area (Å²) in [7, 11) is 0. The summed E-state index contributed by atoms with van der Waals surface area (Å²) in [4.78, 5) is 24.1. The number of rotatable bonds is 5. The first-order chi connectivity index (χ1) is 14.0. The maximum atomic E-state index is 12.8. The Hall–Kier alpha value is -4.06. The average Bonchev–Trinajstić information content (AvgIpc) is 2.73. The maximum absolute atomic E-state index is 12.8. The van der Waals surface area contributed by atoms with E-state index >= 15 is 0 Å². The molecule has 0 spiro atoms. The Bertz CT molecular complexity index is 1260. The lowest BCUT2D eigenvalue weighted by Crippen LogP contribution is -2.11. The third-order valence-electron chi connectivity index (χ3n) is 4.58. The van der Waals surface area contributed by atoms with Gasteiger partial charge in [0.2, 0.25) is 5.91 Å². The zero-order valence-corrected chi connectivity index (χ0v) is 15.4. The lowest BCUT2D eigenvalue weighted by atomic mass is 10.1.